The Labute approximate surface area is 111 Å². The summed E-state index contributed by atoms with van der Waals surface area (Å²) < 4.78 is 5.70. The number of hydrogen-bond acceptors (Lipinski definition) is 3. The minimum atomic E-state index is -0.516. The van der Waals surface area contributed by atoms with E-state index >= 15 is 0 Å². The molecule has 0 saturated carbocycles. The van der Waals surface area contributed by atoms with Gasteiger partial charge < -0.3 is 9.52 Å². The average Bonchev–Trinajstić information content (AvgIpc) is 2.94. The van der Waals surface area contributed by atoms with Gasteiger partial charge in [-0.25, -0.2) is 0 Å². The fraction of sp³-hybridized carbons (Fsp3) is 0.467. The molecule has 1 N–H and O–H groups in total. The van der Waals surface area contributed by atoms with Crippen molar-refractivity contribution in [1.29, 1.82) is 0 Å². The molecule has 2 heterocycles. The van der Waals surface area contributed by atoms with Crippen molar-refractivity contribution in [3.8, 4) is 0 Å². The molecule has 3 heteroatoms. The third kappa shape index (κ3) is 1.95. The Morgan fingerprint density at radius 3 is 2.94 bits per heavy atom. The Kier molecular flexibility index (Phi) is 2.91. The molecule has 0 amide bonds. The second kappa shape index (κ2) is 4.32. The van der Waals surface area contributed by atoms with Crippen LogP contribution in [0.2, 0.25) is 0 Å². The van der Waals surface area contributed by atoms with Crippen LogP contribution in [0.4, 0.5) is 0 Å². The largest absolute Gasteiger partial charge is 0.458 e. The fourth-order valence-corrected chi connectivity index (χ4v) is 3.95. The summed E-state index contributed by atoms with van der Waals surface area (Å²) in [7, 11) is 0. The lowest BCUT2D eigenvalue weighted by molar-refractivity contribution is 0.112. The Balaban J connectivity index is 1.98. The lowest BCUT2D eigenvalue weighted by Crippen LogP contribution is -2.25. The normalized spacial score (nSPS) is 25.7. The van der Waals surface area contributed by atoms with Gasteiger partial charge in [-0.3, -0.25) is 0 Å². The smallest absolute Gasteiger partial charge is 0.135 e. The number of fused-ring (bicyclic) bond motifs is 1. The first-order chi connectivity index (χ1) is 8.58. The molecule has 2 aromatic rings. The standard InChI is InChI=1S/C15H18O2S/c1-10-4-5-12-11(8-10)9-13(17-12)14(16)15(2)6-3-7-18-15/h4-5,8-9,14,16H,3,6-7H2,1-2H3. The van der Waals surface area contributed by atoms with Gasteiger partial charge in [-0.05, 0) is 50.6 Å². The molecule has 2 atom stereocenters. The van der Waals surface area contributed by atoms with Gasteiger partial charge in [0, 0.05) is 10.1 Å². The molecule has 96 valence electrons. The molecular weight excluding hydrogens is 244 g/mol. The van der Waals surface area contributed by atoms with Gasteiger partial charge in [0.1, 0.15) is 17.4 Å². The van der Waals surface area contributed by atoms with Gasteiger partial charge in [-0.2, -0.15) is 11.8 Å². The van der Waals surface area contributed by atoms with Crippen molar-refractivity contribution >= 4 is 22.7 Å². The van der Waals surface area contributed by atoms with Gasteiger partial charge in [0.2, 0.25) is 0 Å². The maximum atomic E-state index is 10.5. The molecule has 2 unspecified atom stereocenters. The van der Waals surface area contributed by atoms with E-state index in [9.17, 15) is 5.11 Å². The van der Waals surface area contributed by atoms with E-state index in [0.717, 1.165) is 23.1 Å². The second-order valence-electron chi connectivity index (χ2n) is 5.36. The molecule has 2 nitrogen and oxygen atoms in total. The summed E-state index contributed by atoms with van der Waals surface area (Å²) in [6.45, 7) is 4.20. The number of thioether (sulfide) groups is 1. The maximum absolute atomic E-state index is 10.5. The number of aliphatic hydroxyl groups excluding tert-OH is 1. The Morgan fingerprint density at radius 2 is 2.22 bits per heavy atom. The van der Waals surface area contributed by atoms with Crippen LogP contribution < -0.4 is 0 Å². The van der Waals surface area contributed by atoms with Crippen LogP contribution in [0.25, 0.3) is 11.0 Å². The van der Waals surface area contributed by atoms with Crippen LogP contribution in [0.3, 0.4) is 0 Å². The van der Waals surface area contributed by atoms with E-state index in [0.29, 0.717) is 5.76 Å². The molecule has 0 spiro atoms. The minimum Gasteiger partial charge on any atom is -0.458 e. The molecular formula is C15H18O2S. The first-order valence-electron chi connectivity index (χ1n) is 6.41. The highest BCUT2D eigenvalue weighted by atomic mass is 32.2. The lowest BCUT2D eigenvalue weighted by atomic mass is 9.96. The first kappa shape index (κ1) is 12.1. The highest BCUT2D eigenvalue weighted by molar-refractivity contribution is 8.00. The van der Waals surface area contributed by atoms with E-state index < -0.39 is 6.10 Å². The zero-order valence-corrected chi connectivity index (χ0v) is 11.6. The summed E-state index contributed by atoms with van der Waals surface area (Å²) >= 11 is 1.85. The van der Waals surface area contributed by atoms with Crippen molar-refractivity contribution in [1.82, 2.24) is 0 Å². The lowest BCUT2D eigenvalue weighted by Gasteiger charge is -2.27. The number of benzene rings is 1. The number of rotatable bonds is 2. The number of furan rings is 1. The second-order valence-corrected chi connectivity index (χ2v) is 6.99. The van der Waals surface area contributed by atoms with Crippen LogP contribution in [0.1, 0.15) is 37.2 Å². The molecule has 1 fully saturated rings. The zero-order chi connectivity index (χ0) is 12.8. The van der Waals surface area contributed by atoms with Gasteiger partial charge in [0.25, 0.3) is 0 Å². The molecule has 1 aliphatic heterocycles. The van der Waals surface area contributed by atoms with E-state index in [4.69, 9.17) is 4.42 Å². The third-order valence-corrected chi connectivity index (χ3v) is 5.37. The number of hydrogen-bond donors (Lipinski definition) is 1. The molecule has 3 rings (SSSR count). The third-order valence-electron chi connectivity index (χ3n) is 3.79. The van der Waals surface area contributed by atoms with E-state index in [2.05, 4.69) is 19.9 Å². The molecule has 0 aliphatic carbocycles. The molecule has 1 saturated heterocycles. The van der Waals surface area contributed by atoms with Crippen molar-refractivity contribution in [2.24, 2.45) is 0 Å². The van der Waals surface area contributed by atoms with E-state index in [1.807, 2.05) is 30.0 Å². The van der Waals surface area contributed by atoms with Crippen molar-refractivity contribution < 1.29 is 9.52 Å². The molecule has 0 bridgehead atoms. The van der Waals surface area contributed by atoms with Gasteiger partial charge in [0.05, 0.1) is 0 Å². The highest BCUT2D eigenvalue weighted by Gasteiger charge is 2.39. The van der Waals surface area contributed by atoms with Crippen LogP contribution >= 0.6 is 11.8 Å². The number of aliphatic hydroxyl groups is 1. The van der Waals surface area contributed by atoms with E-state index in [1.54, 1.807) is 0 Å². The summed E-state index contributed by atoms with van der Waals surface area (Å²) in [5, 5.41) is 11.6. The Morgan fingerprint density at radius 1 is 1.39 bits per heavy atom. The monoisotopic (exact) mass is 262 g/mol. The topological polar surface area (TPSA) is 33.4 Å². The summed E-state index contributed by atoms with van der Waals surface area (Å²) in [6.07, 6.45) is 1.71. The van der Waals surface area contributed by atoms with Crippen LogP contribution in [-0.2, 0) is 0 Å². The SMILES string of the molecule is Cc1ccc2oc(C(O)C3(C)CCCS3)cc2c1. The molecule has 1 aliphatic rings. The van der Waals surface area contributed by atoms with Gasteiger partial charge in [-0.1, -0.05) is 11.6 Å². The van der Waals surface area contributed by atoms with Crippen LogP contribution in [0, 0.1) is 6.92 Å². The van der Waals surface area contributed by atoms with E-state index in [-0.39, 0.29) is 4.75 Å². The van der Waals surface area contributed by atoms with E-state index in [1.165, 1.54) is 12.0 Å². The number of aryl methyl sites for hydroxylation is 1. The highest BCUT2D eigenvalue weighted by Crippen LogP contribution is 2.47. The minimum absolute atomic E-state index is 0.0943. The van der Waals surface area contributed by atoms with Crippen LogP contribution in [-0.4, -0.2) is 15.6 Å². The van der Waals surface area contributed by atoms with Crippen LogP contribution in [0.15, 0.2) is 28.7 Å². The van der Waals surface area contributed by atoms with Crippen molar-refractivity contribution in [2.75, 3.05) is 5.75 Å². The predicted octanol–water partition coefficient (Wildman–Crippen LogP) is 4.06. The average molecular weight is 262 g/mol. The zero-order valence-electron chi connectivity index (χ0n) is 10.8. The Bertz CT molecular complexity index is 567. The summed E-state index contributed by atoms with van der Waals surface area (Å²) in [6, 6.07) is 8.09. The molecule has 0 radical (unpaired) electrons. The van der Waals surface area contributed by atoms with Crippen molar-refractivity contribution in [3.63, 3.8) is 0 Å². The van der Waals surface area contributed by atoms with Gasteiger partial charge in [0.15, 0.2) is 0 Å². The predicted molar refractivity (Wildman–Crippen MR) is 76.0 cm³/mol. The van der Waals surface area contributed by atoms with Gasteiger partial charge in [-0.15, -0.1) is 0 Å². The molecule has 18 heavy (non-hydrogen) atoms. The first-order valence-corrected chi connectivity index (χ1v) is 7.39. The summed E-state index contributed by atoms with van der Waals surface area (Å²) in [5.41, 5.74) is 2.08. The Hall–Kier alpha value is -0.930. The quantitative estimate of drug-likeness (QED) is 0.886. The summed E-state index contributed by atoms with van der Waals surface area (Å²) in [4.78, 5) is 0. The fourth-order valence-electron chi connectivity index (χ4n) is 2.64. The van der Waals surface area contributed by atoms with Gasteiger partial charge >= 0.3 is 0 Å². The van der Waals surface area contributed by atoms with Crippen LogP contribution in [0.5, 0.6) is 0 Å². The van der Waals surface area contributed by atoms with Crippen molar-refractivity contribution in [2.45, 2.75) is 37.5 Å². The maximum Gasteiger partial charge on any atom is 0.135 e. The van der Waals surface area contributed by atoms with Crippen molar-refractivity contribution in [3.05, 3.63) is 35.6 Å². The molecule has 1 aromatic carbocycles. The summed E-state index contributed by atoms with van der Waals surface area (Å²) in [5.74, 6) is 1.83. The molecule has 1 aromatic heterocycles.